The molecule has 0 aliphatic heterocycles. The number of ether oxygens (including phenoxy) is 1. The molecule has 1 aromatic heterocycles. The fraction of sp³-hybridized carbons (Fsp3) is 0.286. The number of nitrogens with one attached hydrogen (secondary N) is 1. The summed E-state index contributed by atoms with van der Waals surface area (Å²) in [4.78, 5) is 0. The van der Waals surface area contributed by atoms with E-state index < -0.39 is 5.82 Å². The number of halogens is 3. The lowest BCUT2D eigenvalue weighted by atomic mass is 10.3. The normalized spacial score (nSPS) is 11.0. The molecule has 0 unspecified atom stereocenters. The maximum Gasteiger partial charge on any atom is 0.238 e. The van der Waals surface area contributed by atoms with Crippen LogP contribution in [-0.2, 0) is 6.54 Å². The number of hydrogen-bond donors (Lipinski definition) is 1. The summed E-state index contributed by atoms with van der Waals surface area (Å²) in [6, 6.07) is 6.49. The summed E-state index contributed by atoms with van der Waals surface area (Å²) in [6.07, 6.45) is 0. The number of nitrogens with zero attached hydrogens (tertiary/aromatic N) is 2. The van der Waals surface area contributed by atoms with Crippen LogP contribution >= 0.6 is 27.5 Å². The zero-order valence-electron chi connectivity index (χ0n) is 11.5. The highest BCUT2D eigenvalue weighted by atomic mass is 79.9. The highest BCUT2D eigenvalue weighted by molar-refractivity contribution is 9.10. The van der Waals surface area contributed by atoms with E-state index in [4.69, 9.17) is 16.3 Å². The van der Waals surface area contributed by atoms with Crippen molar-refractivity contribution in [3.63, 3.8) is 0 Å². The summed E-state index contributed by atoms with van der Waals surface area (Å²) in [6.45, 7) is 4.74. The lowest BCUT2D eigenvalue weighted by molar-refractivity contribution is 0.445. The minimum atomic E-state index is -0.555. The van der Waals surface area contributed by atoms with Gasteiger partial charge in [0.25, 0.3) is 0 Å². The maximum absolute atomic E-state index is 13.4. The summed E-state index contributed by atoms with van der Waals surface area (Å²) in [5.41, 5.74) is 0.803. The van der Waals surface area contributed by atoms with Crippen molar-refractivity contribution in [3.05, 3.63) is 45.3 Å². The van der Waals surface area contributed by atoms with E-state index in [-0.39, 0.29) is 10.9 Å². The molecule has 0 aliphatic carbocycles. The van der Waals surface area contributed by atoms with Crippen molar-refractivity contribution < 1.29 is 9.13 Å². The Bertz CT molecular complexity index is 622. The maximum atomic E-state index is 13.4. The van der Waals surface area contributed by atoms with E-state index in [1.54, 1.807) is 12.1 Å². The first kappa shape index (κ1) is 16.1. The Kier molecular flexibility index (Phi) is 5.50. The molecule has 0 saturated carbocycles. The molecule has 4 nitrogen and oxygen atoms in total. The summed E-state index contributed by atoms with van der Waals surface area (Å²) >= 11 is 8.93. The quantitative estimate of drug-likeness (QED) is 0.792. The molecule has 0 aliphatic rings. The fourth-order valence-electron chi connectivity index (χ4n) is 1.50. The van der Waals surface area contributed by atoms with Crippen molar-refractivity contribution in [2.45, 2.75) is 26.4 Å². The Morgan fingerprint density at radius 1 is 1.33 bits per heavy atom. The first-order chi connectivity index (χ1) is 9.95. The third-order valence-corrected chi connectivity index (χ3v) is 3.49. The Morgan fingerprint density at radius 2 is 2.10 bits per heavy atom. The molecule has 112 valence electrons. The van der Waals surface area contributed by atoms with Gasteiger partial charge < -0.3 is 10.1 Å². The van der Waals surface area contributed by atoms with Crippen LogP contribution in [0.2, 0.25) is 5.02 Å². The van der Waals surface area contributed by atoms with Gasteiger partial charge in [0.15, 0.2) is 0 Å². The van der Waals surface area contributed by atoms with E-state index in [9.17, 15) is 4.39 Å². The lowest BCUT2D eigenvalue weighted by Crippen LogP contribution is -2.22. The zero-order valence-corrected chi connectivity index (χ0v) is 13.9. The highest BCUT2D eigenvalue weighted by Crippen LogP contribution is 2.32. The third kappa shape index (κ3) is 4.62. The van der Waals surface area contributed by atoms with Gasteiger partial charge in [-0.05, 0) is 28.1 Å². The Balaban J connectivity index is 2.08. The van der Waals surface area contributed by atoms with Crippen LogP contribution in [0.4, 0.5) is 4.39 Å². The summed E-state index contributed by atoms with van der Waals surface area (Å²) in [7, 11) is 0. The zero-order chi connectivity index (χ0) is 15.4. The van der Waals surface area contributed by atoms with Crippen LogP contribution in [0.25, 0.3) is 0 Å². The molecule has 0 amide bonds. The molecule has 0 spiro atoms. The SMILES string of the molecule is CC(C)NCc1ccc(Oc2cc(F)c(Cl)cc2Br)nn1. The van der Waals surface area contributed by atoms with Crippen molar-refractivity contribution >= 4 is 27.5 Å². The highest BCUT2D eigenvalue weighted by Gasteiger charge is 2.10. The smallest absolute Gasteiger partial charge is 0.238 e. The van der Waals surface area contributed by atoms with Gasteiger partial charge in [-0.2, -0.15) is 5.10 Å². The van der Waals surface area contributed by atoms with Gasteiger partial charge in [-0.1, -0.05) is 25.4 Å². The van der Waals surface area contributed by atoms with E-state index in [1.807, 2.05) is 0 Å². The Labute approximate surface area is 135 Å². The van der Waals surface area contributed by atoms with Crippen LogP contribution in [0.5, 0.6) is 11.6 Å². The van der Waals surface area contributed by atoms with E-state index in [2.05, 4.69) is 45.3 Å². The Hall–Kier alpha value is -1.24. The van der Waals surface area contributed by atoms with Crippen LogP contribution in [-0.4, -0.2) is 16.2 Å². The van der Waals surface area contributed by atoms with Gasteiger partial charge in [0.05, 0.1) is 15.2 Å². The van der Waals surface area contributed by atoms with Crippen LogP contribution in [0.15, 0.2) is 28.7 Å². The van der Waals surface area contributed by atoms with Crippen molar-refractivity contribution in [2.75, 3.05) is 0 Å². The summed E-state index contributed by atoms with van der Waals surface area (Å²) in [5.74, 6) is 0.0190. The molecule has 2 aromatic rings. The largest absolute Gasteiger partial charge is 0.436 e. The van der Waals surface area contributed by atoms with Crippen molar-refractivity contribution in [1.82, 2.24) is 15.5 Å². The first-order valence-corrected chi connectivity index (χ1v) is 7.51. The predicted molar refractivity (Wildman–Crippen MR) is 83.2 cm³/mol. The molecule has 7 heteroatoms. The van der Waals surface area contributed by atoms with Crippen LogP contribution < -0.4 is 10.1 Å². The van der Waals surface area contributed by atoms with Crippen LogP contribution in [0, 0.1) is 5.82 Å². The van der Waals surface area contributed by atoms with Crippen LogP contribution in [0.3, 0.4) is 0 Å². The molecule has 1 N–H and O–H groups in total. The fourth-order valence-corrected chi connectivity index (χ4v) is 2.22. The van der Waals surface area contributed by atoms with Gasteiger partial charge in [0.1, 0.15) is 11.6 Å². The second kappa shape index (κ2) is 7.15. The first-order valence-electron chi connectivity index (χ1n) is 6.34. The number of benzene rings is 1. The predicted octanol–water partition coefficient (Wildman–Crippen LogP) is 4.32. The molecular weight excluding hydrogens is 361 g/mol. The average molecular weight is 375 g/mol. The van der Waals surface area contributed by atoms with Gasteiger partial charge in [0.2, 0.25) is 5.88 Å². The molecule has 0 bridgehead atoms. The minimum Gasteiger partial charge on any atom is -0.436 e. The van der Waals surface area contributed by atoms with E-state index in [1.165, 1.54) is 12.1 Å². The molecule has 0 radical (unpaired) electrons. The average Bonchev–Trinajstić information content (AvgIpc) is 2.44. The second-order valence-electron chi connectivity index (χ2n) is 4.70. The molecular formula is C14H14BrClFN3O. The molecule has 21 heavy (non-hydrogen) atoms. The number of hydrogen-bond acceptors (Lipinski definition) is 4. The summed E-state index contributed by atoms with van der Waals surface area (Å²) in [5, 5.41) is 11.3. The second-order valence-corrected chi connectivity index (χ2v) is 5.96. The lowest BCUT2D eigenvalue weighted by Gasteiger charge is -2.09. The molecule has 0 atom stereocenters. The van der Waals surface area contributed by atoms with Crippen molar-refractivity contribution in [1.29, 1.82) is 0 Å². The standard InChI is InChI=1S/C14H14BrClFN3O/c1-8(2)18-7-9-3-4-14(20-19-9)21-13-6-12(17)11(16)5-10(13)15/h3-6,8,18H,7H2,1-2H3. The van der Waals surface area contributed by atoms with E-state index >= 15 is 0 Å². The van der Waals surface area contributed by atoms with Gasteiger partial charge in [-0.15, -0.1) is 5.10 Å². The van der Waals surface area contributed by atoms with Crippen molar-refractivity contribution in [2.24, 2.45) is 0 Å². The molecule has 2 rings (SSSR count). The molecule has 1 aromatic carbocycles. The van der Waals surface area contributed by atoms with E-state index in [0.29, 0.717) is 22.8 Å². The molecule has 0 saturated heterocycles. The van der Waals surface area contributed by atoms with Crippen molar-refractivity contribution in [3.8, 4) is 11.6 Å². The third-order valence-electron chi connectivity index (χ3n) is 2.58. The molecule has 1 heterocycles. The van der Waals surface area contributed by atoms with E-state index in [0.717, 1.165) is 5.69 Å². The number of rotatable bonds is 5. The van der Waals surface area contributed by atoms with Gasteiger partial charge in [-0.25, -0.2) is 4.39 Å². The Morgan fingerprint density at radius 3 is 2.71 bits per heavy atom. The van der Waals surface area contributed by atoms with Crippen LogP contribution in [0.1, 0.15) is 19.5 Å². The molecule has 0 fully saturated rings. The monoisotopic (exact) mass is 373 g/mol. The number of aromatic nitrogens is 2. The summed E-state index contributed by atoms with van der Waals surface area (Å²) < 4.78 is 19.5. The van der Waals surface area contributed by atoms with Gasteiger partial charge in [0, 0.05) is 24.7 Å². The minimum absolute atomic E-state index is 0.0235. The van der Waals surface area contributed by atoms with Gasteiger partial charge >= 0.3 is 0 Å². The van der Waals surface area contributed by atoms with Gasteiger partial charge in [-0.3, -0.25) is 0 Å². The topological polar surface area (TPSA) is 47.0 Å².